The first-order chi connectivity index (χ1) is 17.2. The van der Waals surface area contributed by atoms with Crippen molar-refractivity contribution in [3.8, 4) is 11.4 Å². The normalized spacial score (nSPS) is 13.8. The van der Waals surface area contributed by atoms with Crippen LogP contribution < -0.4 is 5.32 Å². The van der Waals surface area contributed by atoms with Gasteiger partial charge in [0.1, 0.15) is 17.2 Å². The molecule has 1 saturated heterocycles. The molecule has 0 radical (unpaired) electrons. The molecule has 1 aromatic carbocycles. The number of anilines is 1. The zero-order valence-corrected chi connectivity index (χ0v) is 20.3. The zero-order chi connectivity index (χ0) is 25.6. The SMILES string of the molecule is COC(=O)N1CC(c2nc(-c3cc(F)c(C)c(NC(=O)c4cnc5cc(C(C)C)ccn45)c3)no2)C1. The highest BCUT2D eigenvalue weighted by Crippen LogP contribution is 2.30. The van der Waals surface area contributed by atoms with E-state index in [1.807, 2.05) is 12.1 Å². The van der Waals surface area contributed by atoms with Crippen molar-refractivity contribution in [1.82, 2.24) is 24.4 Å². The number of nitrogens with zero attached hydrogens (tertiary/aromatic N) is 5. The van der Waals surface area contributed by atoms with Gasteiger partial charge in [0.25, 0.3) is 5.91 Å². The minimum Gasteiger partial charge on any atom is -0.453 e. The maximum absolute atomic E-state index is 14.8. The summed E-state index contributed by atoms with van der Waals surface area (Å²) >= 11 is 0. The minimum atomic E-state index is -0.519. The zero-order valence-electron chi connectivity index (χ0n) is 20.3. The monoisotopic (exact) mass is 492 g/mol. The Labute approximate surface area is 206 Å². The summed E-state index contributed by atoms with van der Waals surface area (Å²) in [5.74, 6) is -0.194. The Balaban J connectivity index is 1.37. The first kappa shape index (κ1) is 23.5. The molecule has 1 N–H and O–H groups in total. The average molecular weight is 493 g/mol. The molecule has 11 heteroatoms. The molecular weight excluding hydrogens is 467 g/mol. The van der Waals surface area contributed by atoms with Crippen molar-refractivity contribution in [3.63, 3.8) is 0 Å². The van der Waals surface area contributed by atoms with Crippen LogP contribution in [-0.2, 0) is 4.74 Å². The molecule has 5 rings (SSSR count). The summed E-state index contributed by atoms with van der Waals surface area (Å²) in [5.41, 5.74) is 3.02. The fraction of sp³-hybridized carbons (Fsp3) is 0.320. The quantitative estimate of drug-likeness (QED) is 0.440. The molecule has 2 amide bonds. The van der Waals surface area contributed by atoms with Gasteiger partial charge in [-0.2, -0.15) is 4.98 Å². The van der Waals surface area contributed by atoms with E-state index in [-0.39, 0.29) is 23.0 Å². The summed E-state index contributed by atoms with van der Waals surface area (Å²) in [6.07, 6.45) is 2.88. The number of amides is 2. The van der Waals surface area contributed by atoms with Crippen molar-refractivity contribution in [3.05, 3.63) is 65.2 Å². The van der Waals surface area contributed by atoms with Crippen LogP contribution in [0.25, 0.3) is 17.0 Å². The third-order valence-corrected chi connectivity index (χ3v) is 6.39. The van der Waals surface area contributed by atoms with Crippen molar-refractivity contribution in [2.24, 2.45) is 0 Å². The first-order valence-electron chi connectivity index (χ1n) is 11.5. The van der Waals surface area contributed by atoms with E-state index < -0.39 is 17.8 Å². The van der Waals surface area contributed by atoms with Crippen LogP contribution in [0.3, 0.4) is 0 Å². The maximum Gasteiger partial charge on any atom is 0.409 e. The van der Waals surface area contributed by atoms with E-state index in [0.29, 0.717) is 41.8 Å². The van der Waals surface area contributed by atoms with Gasteiger partial charge in [0.15, 0.2) is 0 Å². The predicted octanol–water partition coefficient (Wildman–Crippen LogP) is 4.37. The Morgan fingerprint density at radius 1 is 1.25 bits per heavy atom. The second-order valence-corrected chi connectivity index (χ2v) is 9.10. The minimum absolute atomic E-state index is 0.119. The number of halogens is 1. The number of rotatable bonds is 5. The Bertz CT molecular complexity index is 1470. The number of ether oxygens (including phenoxy) is 1. The van der Waals surface area contributed by atoms with Crippen LogP contribution >= 0.6 is 0 Å². The summed E-state index contributed by atoms with van der Waals surface area (Å²) in [5, 5.41) is 6.76. The number of imidazole rings is 1. The third kappa shape index (κ3) is 4.16. The van der Waals surface area contributed by atoms with Crippen LogP contribution in [0.1, 0.15) is 53.2 Å². The second kappa shape index (κ2) is 9.06. The Morgan fingerprint density at radius 2 is 2.03 bits per heavy atom. The molecule has 36 heavy (non-hydrogen) atoms. The van der Waals surface area contributed by atoms with Crippen LogP contribution in [-0.4, -0.2) is 56.6 Å². The average Bonchev–Trinajstić information content (AvgIpc) is 3.48. The van der Waals surface area contributed by atoms with Crippen LogP contribution in [0.2, 0.25) is 0 Å². The van der Waals surface area contributed by atoms with Crippen molar-refractivity contribution in [1.29, 1.82) is 0 Å². The van der Waals surface area contributed by atoms with Crippen LogP contribution in [0.5, 0.6) is 0 Å². The van der Waals surface area contributed by atoms with Crippen LogP contribution in [0, 0.1) is 12.7 Å². The highest BCUT2D eigenvalue weighted by Gasteiger charge is 2.36. The number of methoxy groups -OCH3 is 1. The molecule has 0 spiro atoms. The molecule has 1 aliphatic heterocycles. The largest absolute Gasteiger partial charge is 0.453 e. The van der Waals surface area contributed by atoms with Gasteiger partial charge in [-0.3, -0.25) is 9.20 Å². The molecule has 0 saturated carbocycles. The number of hydrogen-bond acceptors (Lipinski definition) is 7. The molecule has 0 atom stereocenters. The molecule has 0 bridgehead atoms. The topological polar surface area (TPSA) is 115 Å². The van der Waals surface area contributed by atoms with E-state index in [2.05, 4.69) is 39.0 Å². The number of carbonyl (C=O) groups excluding carboxylic acids is 2. The van der Waals surface area contributed by atoms with E-state index >= 15 is 0 Å². The number of aromatic nitrogens is 4. The Morgan fingerprint density at radius 3 is 2.75 bits per heavy atom. The van der Waals surface area contributed by atoms with Gasteiger partial charge in [-0.05, 0) is 42.7 Å². The lowest BCUT2D eigenvalue weighted by Crippen LogP contribution is -2.48. The molecule has 1 fully saturated rings. The lowest BCUT2D eigenvalue weighted by atomic mass is 10.0. The van der Waals surface area contributed by atoms with Gasteiger partial charge >= 0.3 is 6.09 Å². The van der Waals surface area contributed by atoms with Gasteiger partial charge in [-0.25, -0.2) is 14.2 Å². The van der Waals surface area contributed by atoms with E-state index in [9.17, 15) is 14.0 Å². The van der Waals surface area contributed by atoms with Gasteiger partial charge in [0.2, 0.25) is 11.7 Å². The van der Waals surface area contributed by atoms with Gasteiger partial charge in [0, 0.05) is 36.1 Å². The molecule has 4 aromatic rings. The summed E-state index contributed by atoms with van der Waals surface area (Å²) < 4.78 is 26.5. The number of benzene rings is 1. The third-order valence-electron chi connectivity index (χ3n) is 6.39. The van der Waals surface area contributed by atoms with Crippen molar-refractivity contribution in [2.75, 3.05) is 25.5 Å². The van der Waals surface area contributed by atoms with Crippen LogP contribution in [0.4, 0.5) is 14.9 Å². The fourth-order valence-corrected chi connectivity index (χ4v) is 4.08. The van der Waals surface area contributed by atoms with E-state index in [1.165, 1.54) is 24.3 Å². The standard InChI is InChI=1S/C25H25FN6O4/c1-13(2)15-5-6-32-20(10-27-21(32)9-15)23(33)28-19-8-16(7-18(26)14(19)3)22-29-24(36-30-22)17-11-31(12-17)25(34)35-4/h5-10,13,17H,11-12H2,1-4H3,(H,28,33). The van der Waals surface area contributed by atoms with Gasteiger partial charge in [0.05, 0.1) is 19.2 Å². The lowest BCUT2D eigenvalue weighted by molar-refractivity contribution is 0.0804. The summed E-state index contributed by atoms with van der Waals surface area (Å²) in [7, 11) is 1.32. The number of likely N-dealkylation sites (tertiary alicyclic amines) is 1. The van der Waals surface area contributed by atoms with Gasteiger partial charge in [-0.15, -0.1) is 0 Å². The highest BCUT2D eigenvalue weighted by molar-refractivity contribution is 6.04. The van der Waals surface area contributed by atoms with Gasteiger partial charge in [-0.1, -0.05) is 19.0 Å². The maximum atomic E-state index is 14.8. The first-order valence-corrected chi connectivity index (χ1v) is 11.5. The number of nitrogens with one attached hydrogen (secondary N) is 1. The predicted molar refractivity (Wildman–Crippen MR) is 128 cm³/mol. The molecule has 186 valence electrons. The summed E-state index contributed by atoms with van der Waals surface area (Å²) in [6.45, 7) is 6.55. The summed E-state index contributed by atoms with van der Waals surface area (Å²) in [6, 6.07) is 6.78. The van der Waals surface area contributed by atoms with Crippen molar-refractivity contribution < 1.29 is 23.2 Å². The Hall–Kier alpha value is -4.28. The van der Waals surface area contributed by atoms with Crippen molar-refractivity contribution >= 4 is 23.3 Å². The Kier molecular flexibility index (Phi) is 5.91. The fourth-order valence-electron chi connectivity index (χ4n) is 4.08. The number of carbonyl (C=O) groups is 2. The number of pyridine rings is 1. The van der Waals surface area contributed by atoms with E-state index in [4.69, 9.17) is 4.52 Å². The molecule has 10 nitrogen and oxygen atoms in total. The molecule has 0 unspecified atom stereocenters. The van der Waals surface area contributed by atoms with E-state index in [0.717, 1.165) is 5.56 Å². The molecular formula is C25H25FN6O4. The lowest BCUT2D eigenvalue weighted by Gasteiger charge is -2.35. The molecule has 4 heterocycles. The van der Waals surface area contributed by atoms with E-state index in [1.54, 1.807) is 23.6 Å². The highest BCUT2D eigenvalue weighted by atomic mass is 19.1. The van der Waals surface area contributed by atoms with Crippen molar-refractivity contribution in [2.45, 2.75) is 32.6 Å². The molecule has 0 aliphatic carbocycles. The van der Waals surface area contributed by atoms with Crippen LogP contribution in [0.15, 0.2) is 41.2 Å². The summed E-state index contributed by atoms with van der Waals surface area (Å²) in [4.78, 5) is 34.9. The number of hydrogen-bond donors (Lipinski definition) is 1. The smallest absolute Gasteiger partial charge is 0.409 e. The molecule has 1 aliphatic rings. The number of fused-ring (bicyclic) bond motifs is 1. The van der Waals surface area contributed by atoms with Gasteiger partial charge < -0.3 is 19.5 Å². The second-order valence-electron chi connectivity index (χ2n) is 9.10. The molecule has 3 aromatic heterocycles.